The Morgan fingerprint density at radius 2 is 1.78 bits per heavy atom. The Morgan fingerprint density at radius 3 is 2.41 bits per heavy atom. The molecule has 0 bridgehead atoms. The van der Waals surface area contributed by atoms with Crippen LogP contribution < -0.4 is 0 Å². The van der Waals surface area contributed by atoms with E-state index < -0.39 is 17.6 Å². The molecule has 0 atom stereocenters. The lowest BCUT2D eigenvalue weighted by atomic mass is 9.94. The summed E-state index contributed by atoms with van der Waals surface area (Å²) in [6.07, 6.45) is 1.29. The first kappa shape index (κ1) is 19.0. The lowest BCUT2D eigenvalue weighted by Gasteiger charge is -2.26. The van der Waals surface area contributed by atoms with Crippen molar-refractivity contribution in [3.63, 3.8) is 0 Å². The minimum Gasteiger partial charge on any atom is -0.298 e. The maximum Gasteiger partial charge on any atom is 0.419 e. The summed E-state index contributed by atoms with van der Waals surface area (Å²) in [7, 11) is 1.78. The van der Waals surface area contributed by atoms with Crippen molar-refractivity contribution in [1.82, 2.24) is 9.88 Å². The number of likely N-dealkylation sites (N-methyl/N-ethyl adjacent to an activating group) is 1. The lowest BCUT2D eigenvalue weighted by molar-refractivity contribution is -0.140. The molecule has 1 aliphatic heterocycles. The second-order valence-corrected chi connectivity index (χ2v) is 6.33. The summed E-state index contributed by atoms with van der Waals surface area (Å²) in [5.41, 5.74) is -0.169. The first-order valence-corrected chi connectivity index (χ1v) is 8.16. The van der Waals surface area contributed by atoms with E-state index in [-0.39, 0.29) is 23.5 Å². The van der Waals surface area contributed by atoms with Gasteiger partial charge in [-0.3, -0.25) is 14.7 Å². The van der Waals surface area contributed by atoms with Crippen LogP contribution in [0.3, 0.4) is 0 Å². The zero-order valence-electron chi connectivity index (χ0n) is 14.4. The van der Waals surface area contributed by atoms with E-state index >= 15 is 0 Å². The Hall–Kier alpha value is -2.80. The van der Waals surface area contributed by atoms with Crippen molar-refractivity contribution < 1.29 is 22.4 Å². The Bertz CT molecular complexity index is 917. The number of hydrogen-bond donors (Lipinski definition) is 0. The van der Waals surface area contributed by atoms with Crippen molar-refractivity contribution in [2.24, 2.45) is 0 Å². The normalized spacial score (nSPS) is 19.1. The van der Waals surface area contributed by atoms with E-state index in [9.17, 15) is 22.4 Å². The van der Waals surface area contributed by atoms with Crippen LogP contribution in [0.5, 0.6) is 0 Å². The molecule has 0 aliphatic carbocycles. The van der Waals surface area contributed by atoms with Gasteiger partial charge in [-0.15, -0.1) is 0 Å². The number of nitrogens with zero attached hydrogens (tertiary/aromatic N) is 2. The van der Waals surface area contributed by atoms with Gasteiger partial charge in [0.25, 0.3) is 0 Å². The zero-order chi connectivity index (χ0) is 19.6. The summed E-state index contributed by atoms with van der Waals surface area (Å²) in [6.45, 7) is 0.606. The average molecular weight is 376 g/mol. The predicted molar refractivity (Wildman–Crippen MR) is 94.1 cm³/mol. The highest BCUT2D eigenvalue weighted by Gasteiger charge is 2.35. The minimum atomic E-state index is -4.79. The van der Waals surface area contributed by atoms with E-state index in [1.54, 1.807) is 37.7 Å². The van der Waals surface area contributed by atoms with Crippen molar-refractivity contribution >= 4 is 17.9 Å². The molecule has 2 heterocycles. The zero-order valence-corrected chi connectivity index (χ0v) is 14.4. The number of Topliss-reactive ketones (excluding diaryl/α,β-unsaturated/α-hetero) is 1. The summed E-state index contributed by atoms with van der Waals surface area (Å²) >= 11 is 0. The number of likely N-dealkylation sites (tertiary alicyclic amines) is 1. The van der Waals surface area contributed by atoms with Gasteiger partial charge in [-0.25, -0.2) is 4.39 Å². The quantitative estimate of drug-likeness (QED) is 0.581. The van der Waals surface area contributed by atoms with Gasteiger partial charge in [0.05, 0.1) is 5.56 Å². The molecule has 1 aromatic heterocycles. The van der Waals surface area contributed by atoms with Crippen LogP contribution in [0.4, 0.5) is 17.6 Å². The van der Waals surface area contributed by atoms with Gasteiger partial charge >= 0.3 is 6.18 Å². The van der Waals surface area contributed by atoms with Crippen LogP contribution in [0.1, 0.15) is 16.7 Å². The van der Waals surface area contributed by atoms with Gasteiger partial charge in [0.1, 0.15) is 5.82 Å². The Labute approximate surface area is 153 Å². The number of rotatable bonds is 2. The van der Waals surface area contributed by atoms with Gasteiger partial charge < -0.3 is 0 Å². The smallest absolute Gasteiger partial charge is 0.298 e. The molecule has 1 aliphatic rings. The maximum absolute atomic E-state index is 14.3. The van der Waals surface area contributed by atoms with Crippen LogP contribution in [0.25, 0.3) is 12.2 Å². The molecule has 140 valence electrons. The Morgan fingerprint density at radius 1 is 1.07 bits per heavy atom. The number of carbonyl (C=O) groups is 1. The van der Waals surface area contributed by atoms with Gasteiger partial charge in [0, 0.05) is 42.2 Å². The van der Waals surface area contributed by atoms with Crippen molar-refractivity contribution in [3.8, 4) is 0 Å². The number of alkyl halides is 3. The van der Waals surface area contributed by atoms with Crippen molar-refractivity contribution in [2.75, 3.05) is 20.1 Å². The molecule has 0 amide bonds. The fourth-order valence-corrected chi connectivity index (χ4v) is 2.94. The summed E-state index contributed by atoms with van der Waals surface area (Å²) in [6, 6.07) is 6.56. The van der Waals surface area contributed by atoms with E-state index in [0.29, 0.717) is 18.2 Å². The molecule has 0 radical (unpaired) electrons. The van der Waals surface area contributed by atoms with Crippen molar-refractivity contribution in [2.45, 2.75) is 6.18 Å². The third-order valence-electron chi connectivity index (χ3n) is 4.15. The standard InChI is InChI=1S/C20H16F4N2O/c1-26-11-15(8-13-4-3-7-25-10-13)19(27)16(12-26)9-14-5-2-6-17(18(14)21)20(22,23)24/h2-10H,11-12H2,1H3/b15-8+,16-9+. The molecule has 2 aromatic rings. The van der Waals surface area contributed by atoms with Gasteiger partial charge in [-0.1, -0.05) is 18.2 Å². The molecule has 1 saturated heterocycles. The van der Waals surface area contributed by atoms with Gasteiger partial charge in [0.2, 0.25) is 0 Å². The van der Waals surface area contributed by atoms with Crippen LogP contribution >= 0.6 is 0 Å². The molecular weight excluding hydrogens is 360 g/mol. The van der Waals surface area contributed by atoms with Crippen LogP contribution in [0, 0.1) is 5.82 Å². The Kier molecular flexibility index (Phi) is 5.23. The molecule has 0 saturated carbocycles. The molecule has 0 unspecified atom stereocenters. The summed E-state index contributed by atoms with van der Waals surface area (Å²) in [4.78, 5) is 18.6. The number of aromatic nitrogens is 1. The molecule has 1 aromatic carbocycles. The number of piperidine rings is 1. The van der Waals surface area contributed by atoms with Crippen molar-refractivity contribution in [3.05, 3.63) is 76.4 Å². The predicted octanol–water partition coefficient (Wildman–Crippen LogP) is 4.22. The molecule has 0 spiro atoms. The minimum absolute atomic E-state index is 0.221. The second-order valence-electron chi connectivity index (χ2n) is 6.33. The van der Waals surface area contributed by atoms with E-state index in [1.807, 2.05) is 4.90 Å². The molecule has 3 nitrogen and oxygen atoms in total. The largest absolute Gasteiger partial charge is 0.419 e. The van der Waals surface area contributed by atoms with Crippen LogP contribution in [0.2, 0.25) is 0 Å². The fraction of sp³-hybridized carbons (Fsp3) is 0.200. The molecule has 7 heteroatoms. The highest BCUT2D eigenvalue weighted by Crippen LogP contribution is 2.33. The third kappa shape index (κ3) is 4.31. The summed E-state index contributed by atoms with van der Waals surface area (Å²) < 4.78 is 53.0. The van der Waals surface area contributed by atoms with E-state index in [2.05, 4.69) is 4.98 Å². The molecule has 1 fully saturated rings. The van der Waals surface area contributed by atoms with Gasteiger partial charge in [-0.2, -0.15) is 13.2 Å². The molecular formula is C20H16F4N2O. The topological polar surface area (TPSA) is 33.2 Å². The van der Waals surface area contributed by atoms with Crippen LogP contribution in [-0.4, -0.2) is 35.8 Å². The van der Waals surface area contributed by atoms with E-state index in [0.717, 1.165) is 11.6 Å². The average Bonchev–Trinajstić information content (AvgIpc) is 2.60. The van der Waals surface area contributed by atoms with Crippen LogP contribution in [-0.2, 0) is 11.0 Å². The summed E-state index contributed by atoms with van der Waals surface area (Å²) in [5, 5.41) is 0. The number of pyridine rings is 1. The number of carbonyl (C=O) groups excluding carboxylic acids is 1. The van der Waals surface area contributed by atoms with Gasteiger partial charge in [-0.05, 0) is 36.9 Å². The lowest BCUT2D eigenvalue weighted by Crippen LogP contribution is -2.34. The van der Waals surface area contributed by atoms with E-state index in [4.69, 9.17) is 0 Å². The number of benzene rings is 1. The molecule has 3 rings (SSSR count). The SMILES string of the molecule is CN1C/C(=C\c2cccnc2)C(=O)/C(=C/c2cccc(C(F)(F)F)c2F)C1. The highest BCUT2D eigenvalue weighted by atomic mass is 19.4. The monoisotopic (exact) mass is 376 g/mol. The molecule has 27 heavy (non-hydrogen) atoms. The number of halogens is 4. The third-order valence-corrected chi connectivity index (χ3v) is 4.15. The molecule has 0 N–H and O–H groups in total. The van der Waals surface area contributed by atoms with Crippen molar-refractivity contribution in [1.29, 1.82) is 0 Å². The second kappa shape index (κ2) is 7.44. The highest BCUT2D eigenvalue weighted by molar-refractivity contribution is 6.14. The Balaban J connectivity index is 1.99. The first-order chi connectivity index (χ1) is 12.8. The fourth-order valence-electron chi connectivity index (χ4n) is 2.94. The van der Waals surface area contributed by atoms with Crippen LogP contribution in [0.15, 0.2) is 53.9 Å². The number of ketones is 1. The number of hydrogen-bond acceptors (Lipinski definition) is 3. The van der Waals surface area contributed by atoms with E-state index in [1.165, 1.54) is 12.1 Å². The summed E-state index contributed by atoms with van der Waals surface area (Å²) in [5.74, 6) is -1.69. The maximum atomic E-state index is 14.3. The first-order valence-electron chi connectivity index (χ1n) is 8.16. The van der Waals surface area contributed by atoms with Gasteiger partial charge in [0.15, 0.2) is 5.78 Å².